The highest BCUT2D eigenvalue weighted by Crippen LogP contribution is 2.15. The summed E-state index contributed by atoms with van der Waals surface area (Å²) in [6.45, 7) is 12.0. The Labute approximate surface area is 106 Å². The average Bonchev–Trinajstić information content (AvgIpc) is 2.34. The van der Waals surface area contributed by atoms with Crippen molar-refractivity contribution in [3.8, 4) is 0 Å². The van der Waals surface area contributed by atoms with Crippen molar-refractivity contribution >= 4 is 5.69 Å². The molecule has 0 aliphatic carbocycles. The topological polar surface area (TPSA) is 15.3 Å². The molecule has 0 aliphatic heterocycles. The summed E-state index contributed by atoms with van der Waals surface area (Å²) in [5.41, 5.74) is 2.69. The fourth-order valence-electron chi connectivity index (χ4n) is 1.89. The molecule has 0 saturated heterocycles. The number of benzene rings is 1. The van der Waals surface area contributed by atoms with Gasteiger partial charge in [-0.2, -0.15) is 0 Å². The van der Waals surface area contributed by atoms with Crippen molar-refractivity contribution < 1.29 is 0 Å². The molecule has 0 fully saturated rings. The fraction of sp³-hybridized carbons (Fsp3) is 0.600. The molecule has 0 spiro atoms. The lowest BCUT2D eigenvalue weighted by molar-refractivity contribution is 0.589. The molecule has 0 heterocycles. The molecule has 0 aliphatic rings. The minimum absolute atomic E-state index is 0.543. The van der Waals surface area contributed by atoms with Crippen LogP contribution in [0.25, 0.3) is 0 Å². The van der Waals surface area contributed by atoms with E-state index in [0.717, 1.165) is 19.6 Å². The number of nitrogens with one attached hydrogen (secondary N) is 1. The van der Waals surface area contributed by atoms with Crippen LogP contribution in [0.3, 0.4) is 0 Å². The van der Waals surface area contributed by atoms with Crippen LogP contribution in [0.1, 0.15) is 39.7 Å². The first kappa shape index (κ1) is 14.0. The molecule has 0 bridgehead atoms. The Hall–Kier alpha value is -1.02. The number of hydrogen-bond acceptors (Lipinski definition) is 2. The minimum Gasteiger partial charge on any atom is -0.372 e. The molecule has 17 heavy (non-hydrogen) atoms. The van der Waals surface area contributed by atoms with Gasteiger partial charge in [-0.3, -0.25) is 0 Å². The molecule has 2 heteroatoms. The third kappa shape index (κ3) is 4.78. The van der Waals surface area contributed by atoms with E-state index in [9.17, 15) is 0 Å². The van der Waals surface area contributed by atoms with Crippen molar-refractivity contribution in [3.05, 3.63) is 29.8 Å². The van der Waals surface area contributed by atoms with E-state index >= 15 is 0 Å². The van der Waals surface area contributed by atoms with Crippen molar-refractivity contribution in [2.75, 3.05) is 18.0 Å². The second-order valence-electron chi connectivity index (χ2n) is 4.78. The molecule has 96 valence electrons. The molecule has 0 unspecified atom stereocenters. The van der Waals surface area contributed by atoms with Crippen molar-refractivity contribution in [2.24, 2.45) is 0 Å². The van der Waals surface area contributed by atoms with Crippen LogP contribution in [0.5, 0.6) is 0 Å². The van der Waals surface area contributed by atoms with Gasteiger partial charge in [-0.05, 0) is 31.0 Å². The molecule has 1 aromatic rings. The molecule has 2 nitrogen and oxygen atoms in total. The summed E-state index contributed by atoms with van der Waals surface area (Å²) in [7, 11) is 0. The Morgan fingerprint density at radius 3 is 2.24 bits per heavy atom. The lowest BCUT2D eigenvalue weighted by Crippen LogP contribution is -2.24. The first-order chi connectivity index (χ1) is 8.17. The number of hydrogen-bond donors (Lipinski definition) is 1. The lowest BCUT2D eigenvalue weighted by atomic mass is 10.2. The summed E-state index contributed by atoms with van der Waals surface area (Å²) in [4.78, 5) is 2.42. The zero-order chi connectivity index (χ0) is 12.7. The van der Waals surface area contributed by atoms with Gasteiger partial charge in [-0.25, -0.2) is 0 Å². The number of nitrogens with zero attached hydrogens (tertiary/aromatic N) is 1. The van der Waals surface area contributed by atoms with E-state index in [0.29, 0.717) is 6.04 Å². The molecule has 1 rings (SSSR count). The van der Waals surface area contributed by atoms with Crippen LogP contribution in [0.2, 0.25) is 0 Å². The Morgan fingerprint density at radius 1 is 1.12 bits per heavy atom. The third-order valence-corrected chi connectivity index (χ3v) is 2.89. The first-order valence-corrected chi connectivity index (χ1v) is 6.74. The highest BCUT2D eigenvalue weighted by molar-refractivity contribution is 5.47. The maximum atomic E-state index is 3.44. The highest BCUT2D eigenvalue weighted by atomic mass is 15.1. The summed E-state index contributed by atoms with van der Waals surface area (Å²) in [5.74, 6) is 0. The van der Waals surface area contributed by atoms with Crippen molar-refractivity contribution in [3.63, 3.8) is 0 Å². The lowest BCUT2D eigenvalue weighted by Gasteiger charge is -2.22. The predicted octanol–water partition coefficient (Wildman–Crippen LogP) is 3.42. The second kappa shape index (κ2) is 7.33. The largest absolute Gasteiger partial charge is 0.372 e. The molecular weight excluding hydrogens is 208 g/mol. The van der Waals surface area contributed by atoms with E-state index in [4.69, 9.17) is 0 Å². The van der Waals surface area contributed by atoms with Crippen LogP contribution < -0.4 is 10.2 Å². The van der Waals surface area contributed by atoms with E-state index in [-0.39, 0.29) is 0 Å². The van der Waals surface area contributed by atoms with E-state index < -0.39 is 0 Å². The Bertz CT molecular complexity index is 303. The summed E-state index contributed by atoms with van der Waals surface area (Å²) < 4.78 is 0. The van der Waals surface area contributed by atoms with Gasteiger partial charge in [0.2, 0.25) is 0 Å². The van der Waals surface area contributed by atoms with E-state index in [1.807, 2.05) is 0 Å². The van der Waals surface area contributed by atoms with Gasteiger partial charge in [0, 0.05) is 31.4 Å². The summed E-state index contributed by atoms with van der Waals surface area (Å²) in [6, 6.07) is 9.46. The first-order valence-electron chi connectivity index (χ1n) is 6.74. The summed E-state index contributed by atoms with van der Waals surface area (Å²) in [5, 5.41) is 3.44. The van der Waals surface area contributed by atoms with Crippen LogP contribution in [0.15, 0.2) is 24.3 Å². The SMILES string of the molecule is CCCN(CC)c1ccc(CNC(C)C)cc1. The van der Waals surface area contributed by atoms with Crippen molar-refractivity contribution in [1.82, 2.24) is 5.32 Å². The van der Waals surface area contributed by atoms with Gasteiger partial charge in [0.15, 0.2) is 0 Å². The van der Waals surface area contributed by atoms with Crippen LogP contribution in [0, 0.1) is 0 Å². The van der Waals surface area contributed by atoms with Crippen molar-refractivity contribution in [1.29, 1.82) is 0 Å². The van der Waals surface area contributed by atoms with Gasteiger partial charge >= 0.3 is 0 Å². The average molecular weight is 234 g/mol. The maximum absolute atomic E-state index is 3.44. The van der Waals surface area contributed by atoms with Gasteiger partial charge in [0.25, 0.3) is 0 Å². The van der Waals surface area contributed by atoms with E-state index in [2.05, 4.69) is 62.2 Å². The van der Waals surface area contributed by atoms with Crippen molar-refractivity contribution in [2.45, 2.75) is 46.7 Å². The van der Waals surface area contributed by atoms with Gasteiger partial charge in [-0.1, -0.05) is 32.9 Å². The monoisotopic (exact) mass is 234 g/mol. The zero-order valence-electron chi connectivity index (χ0n) is 11.7. The highest BCUT2D eigenvalue weighted by Gasteiger charge is 2.02. The van der Waals surface area contributed by atoms with Crippen LogP contribution in [-0.2, 0) is 6.54 Å². The zero-order valence-corrected chi connectivity index (χ0v) is 11.7. The standard InChI is InChI=1S/C15H26N2/c1-5-11-17(6-2)15-9-7-14(8-10-15)12-16-13(3)4/h7-10,13,16H,5-6,11-12H2,1-4H3. The Kier molecular flexibility index (Phi) is 6.06. The predicted molar refractivity (Wildman–Crippen MR) is 76.6 cm³/mol. The maximum Gasteiger partial charge on any atom is 0.0366 e. The van der Waals surface area contributed by atoms with Gasteiger partial charge < -0.3 is 10.2 Å². The third-order valence-electron chi connectivity index (χ3n) is 2.89. The molecule has 1 aromatic carbocycles. The normalized spacial score (nSPS) is 10.9. The van der Waals surface area contributed by atoms with Gasteiger partial charge in [0.05, 0.1) is 0 Å². The number of rotatable bonds is 7. The second-order valence-corrected chi connectivity index (χ2v) is 4.78. The summed E-state index contributed by atoms with van der Waals surface area (Å²) in [6.07, 6.45) is 1.20. The Morgan fingerprint density at radius 2 is 1.76 bits per heavy atom. The molecule has 1 N–H and O–H groups in total. The van der Waals surface area contributed by atoms with Crippen LogP contribution in [0.4, 0.5) is 5.69 Å². The smallest absolute Gasteiger partial charge is 0.0366 e. The van der Waals surface area contributed by atoms with E-state index in [1.54, 1.807) is 0 Å². The Balaban J connectivity index is 2.59. The molecule has 0 atom stereocenters. The summed E-state index contributed by atoms with van der Waals surface area (Å²) >= 11 is 0. The quantitative estimate of drug-likeness (QED) is 0.777. The fourth-order valence-corrected chi connectivity index (χ4v) is 1.89. The van der Waals surface area contributed by atoms with E-state index in [1.165, 1.54) is 17.7 Å². The molecule has 0 radical (unpaired) electrons. The van der Waals surface area contributed by atoms with Gasteiger partial charge in [0.1, 0.15) is 0 Å². The number of anilines is 1. The molecular formula is C15H26N2. The van der Waals surface area contributed by atoms with Gasteiger partial charge in [-0.15, -0.1) is 0 Å². The molecule has 0 amide bonds. The van der Waals surface area contributed by atoms with Crippen LogP contribution in [-0.4, -0.2) is 19.1 Å². The molecule has 0 saturated carbocycles. The minimum atomic E-state index is 0.543. The van der Waals surface area contributed by atoms with Crippen LogP contribution >= 0.6 is 0 Å². The molecule has 0 aromatic heterocycles.